The van der Waals surface area contributed by atoms with E-state index in [1.807, 2.05) is 12.1 Å². The summed E-state index contributed by atoms with van der Waals surface area (Å²) in [5, 5.41) is 11.2. The molecule has 0 amide bonds. The van der Waals surface area contributed by atoms with Crippen molar-refractivity contribution in [2.75, 3.05) is 0 Å². The van der Waals surface area contributed by atoms with Crippen molar-refractivity contribution in [3.05, 3.63) is 38.3 Å². The number of rotatable bonds is 5. The van der Waals surface area contributed by atoms with Gasteiger partial charge >= 0.3 is 0 Å². The first-order valence-corrected chi connectivity index (χ1v) is 8.44. The van der Waals surface area contributed by atoms with Gasteiger partial charge in [-0.05, 0) is 44.1 Å². The number of nitro benzene ring substituents is 1. The summed E-state index contributed by atoms with van der Waals surface area (Å²) >= 11 is 3.29. The van der Waals surface area contributed by atoms with E-state index in [0.29, 0.717) is 6.42 Å². The zero-order valence-corrected chi connectivity index (χ0v) is 14.1. The SMILES string of the molecule is CCCC1CCC(N)(Cc2ccc(Br)cc2[N+](=O)[O-])CC1. The predicted octanol–water partition coefficient (Wildman–Crippen LogP) is 4.59. The first-order valence-electron chi connectivity index (χ1n) is 7.65. The Morgan fingerprint density at radius 3 is 2.67 bits per heavy atom. The van der Waals surface area contributed by atoms with Gasteiger partial charge in [-0.25, -0.2) is 0 Å². The molecule has 1 aromatic carbocycles. The number of hydrogen-bond acceptors (Lipinski definition) is 3. The molecular formula is C16H23BrN2O2. The van der Waals surface area contributed by atoms with Crippen LogP contribution in [0.2, 0.25) is 0 Å². The number of nitro groups is 1. The van der Waals surface area contributed by atoms with Gasteiger partial charge in [0.2, 0.25) is 0 Å². The van der Waals surface area contributed by atoms with Crippen LogP contribution >= 0.6 is 15.9 Å². The molecule has 1 saturated carbocycles. The van der Waals surface area contributed by atoms with Gasteiger partial charge in [-0.3, -0.25) is 10.1 Å². The van der Waals surface area contributed by atoms with E-state index in [4.69, 9.17) is 5.73 Å². The third kappa shape index (κ3) is 4.27. The van der Waals surface area contributed by atoms with Gasteiger partial charge in [0.05, 0.1) is 4.92 Å². The zero-order valence-electron chi connectivity index (χ0n) is 12.5. The largest absolute Gasteiger partial charge is 0.325 e. The molecule has 1 aliphatic rings. The first-order chi connectivity index (χ1) is 9.93. The lowest BCUT2D eigenvalue weighted by atomic mass is 9.73. The fraction of sp³-hybridized carbons (Fsp3) is 0.625. The summed E-state index contributed by atoms with van der Waals surface area (Å²) in [6.07, 6.45) is 7.31. The van der Waals surface area contributed by atoms with Gasteiger partial charge in [0.1, 0.15) is 0 Å². The second-order valence-corrected chi connectivity index (χ2v) is 7.22. The molecule has 1 fully saturated rings. The van der Waals surface area contributed by atoms with Crippen LogP contribution in [-0.4, -0.2) is 10.5 Å². The molecular weight excluding hydrogens is 332 g/mol. The van der Waals surface area contributed by atoms with Crippen molar-refractivity contribution in [2.45, 2.75) is 57.4 Å². The van der Waals surface area contributed by atoms with E-state index in [1.165, 1.54) is 12.8 Å². The van der Waals surface area contributed by atoms with E-state index in [0.717, 1.165) is 41.6 Å². The smallest absolute Gasteiger partial charge is 0.273 e. The van der Waals surface area contributed by atoms with Gasteiger partial charge in [-0.2, -0.15) is 0 Å². The zero-order chi connectivity index (χ0) is 15.5. The molecule has 21 heavy (non-hydrogen) atoms. The Bertz CT molecular complexity index is 511. The van der Waals surface area contributed by atoms with Crippen molar-refractivity contribution in [3.63, 3.8) is 0 Å². The third-order valence-corrected chi connectivity index (χ3v) is 5.08. The normalized spacial score (nSPS) is 25.8. The monoisotopic (exact) mass is 354 g/mol. The number of nitrogens with two attached hydrogens (primary N) is 1. The van der Waals surface area contributed by atoms with Crippen LogP contribution in [0.25, 0.3) is 0 Å². The molecule has 2 N–H and O–H groups in total. The topological polar surface area (TPSA) is 69.2 Å². The lowest BCUT2D eigenvalue weighted by Gasteiger charge is -2.37. The summed E-state index contributed by atoms with van der Waals surface area (Å²) < 4.78 is 0.732. The lowest BCUT2D eigenvalue weighted by Crippen LogP contribution is -2.45. The van der Waals surface area contributed by atoms with Crippen molar-refractivity contribution in [1.29, 1.82) is 0 Å². The Morgan fingerprint density at radius 1 is 1.43 bits per heavy atom. The summed E-state index contributed by atoms with van der Waals surface area (Å²) in [5.74, 6) is 0.784. The second kappa shape index (κ2) is 6.88. The number of halogens is 1. The van der Waals surface area contributed by atoms with Crippen LogP contribution in [0.5, 0.6) is 0 Å². The van der Waals surface area contributed by atoms with Gasteiger partial charge in [-0.1, -0.05) is 41.8 Å². The van der Waals surface area contributed by atoms with E-state index in [-0.39, 0.29) is 16.1 Å². The Kier molecular flexibility index (Phi) is 5.38. The highest BCUT2D eigenvalue weighted by atomic mass is 79.9. The van der Waals surface area contributed by atoms with E-state index in [1.54, 1.807) is 6.07 Å². The van der Waals surface area contributed by atoms with E-state index < -0.39 is 0 Å². The minimum atomic E-state index is -0.313. The molecule has 116 valence electrons. The van der Waals surface area contributed by atoms with Crippen LogP contribution in [0, 0.1) is 16.0 Å². The van der Waals surface area contributed by atoms with Crippen LogP contribution in [0.4, 0.5) is 5.69 Å². The fourth-order valence-electron chi connectivity index (χ4n) is 3.36. The van der Waals surface area contributed by atoms with Crippen LogP contribution in [-0.2, 0) is 6.42 Å². The minimum absolute atomic E-state index is 0.171. The first kappa shape index (κ1) is 16.4. The molecule has 1 aliphatic carbocycles. The van der Waals surface area contributed by atoms with Crippen LogP contribution in [0.15, 0.2) is 22.7 Å². The molecule has 0 radical (unpaired) electrons. The quantitative estimate of drug-likeness (QED) is 0.620. The van der Waals surface area contributed by atoms with Crippen molar-refractivity contribution in [3.8, 4) is 0 Å². The molecule has 0 aromatic heterocycles. The van der Waals surface area contributed by atoms with Crippen molar-refractivity contribution in [1.82, 2.24) is 0 Å². The summed E-state index contributed by atoms with van der Waals surface area (Å²) in [6.45, 7) is 2.22. The Morgan fingerprint density at radius 2 is 2.10 bits per heavy atom. The molecule has 2 rings (SSSR count). The molecule has 0 heterocycles. The highest BCUT2D eigenvalue weighted by molar-refractivity contribution is 9.10. The molecule has 0 saturated heterocycles. The second-order valence-electron chi connectivity index (χ2n) is 6.30. The molecule has 0 bridgehead atoms. The maximum atomic E-state index is 11.2. The molecule has 0 spiro atoms. The summed E-state index contributed by atoms with van der Waals surface area (Å²) in [6, 6.07) is 5.25. The van der Waals surface area contributed by atoms with Gasteiger partial charge in [-0.15, -0.1) is 0 Å². The summed E-state index contributed by atoms with van der Waals surface area (Å²) in [5.41, 5.74) is 7.15. The average Bonchev–Trinajstić information content (AvgIpc) is 2.44. The molecule has 1 aromatic rings. The Labute approximate surface area is 134 Å². The number of hydrogen-bond donors (Lipinski definition) is 1. The Hall–Kier alpha value is -0.940. The molecule has 5 heteroatoms. The van der Waals surface area contributed by atoms with E-state index >= 15 is 0 Å². The standard InChI is InChI=1S/C16H23BrN2O2/c1-2-3-12-6-8-16(18,9-7-12)11-13-4-5-14(17)10-15(13)19(20)21/h4-5,10,12H,2-3,6-9,11,18H2,1H3. The van der Waals surface area contributed by atoms with Gasteiger partial charge in [0.15, 0.2) is 0 Å². The van der Waals surface area contributed by atoms with Crippen molar-refractivity contribution in [2.24, 2.45) is 11.7 Å². The van der Waals surface area contributed by atoms with Crippen LogP contribution in [0.1, 0.15) is 51.0 Å². The molecule has 0 unspecified atom stereocenters. The maximum absolute atomic E-state index is 11.2. The maximum Gasteiger partial charge on any atom is 0.273 e. The molecule has 0 atom stereocenters. The van der Waals surface area contributed by atoms with Gasteiger partial charge < -0.3 is 5.73 Å². The van der Waals surface area contributed by atoms with Crippen LogP contribution < -0.4 is 5.73 Å². The molecule has 0 aliphatic heterocycles. The highest BCUT2D eigenvalue weighted by Crippen LogP contribution is 2.36. The van der Waals surface area contributed by atoms with Crippen molar-refractivity contribution >= 4 is 21.6 Å². The number of nitrogens with zero attached hydrogens (tertiary/aromatic N) is 1. The summed E-state index contributed by atoms with van der Waals surface area (Å²) in [7, 11) is 0. The van der Waals surface area contributed by atoms with Gasteiger partial charge in [0.25, 0.3) is 5.69 Å². The van der Waals surface area contributed by atoms with E-state index in [2.05, 4.69) is 22.9 Å². The fourth-order valence-corrected chi connectivity index (χ4v) is 3.71. The number of benzene rings is 1. The predicted molar refractivity (Wildman–Crippen MR) is 88.3 cm³/mol. The Balaban J connectivity index is 2.10. The molecule has 4 nitrogen and oxygen atoms in total. The minimum Gasteiger partial charge on any atom is -0.325 e. The highest BCUT2D eigenvalue weighted by Gasteiger charge is 2.33. The van der Waals surface area contributed by atoms with E-state index in [9.17, 15) is 10.1 Å². The average molecular weight is 355 g/mol. The summed E-state index contributed by atoms with van der Waals surface area (Å²) in [4.78, 5) is 10.9. The van der Waals surface area contributed by atoms with Crippen molar-refractivity contribution < 1.29 is 4.92 Å². The van der Waals surface area contributed by atoms with Crippen LogP contribution in [0.3, 0.4) is 0 Å². The third-order valence-electron chi connectivity index (χ3n) is 4.58. The lowest BCUT2D eigenvalue weighted by molar-refractivity contribution is -0.385. The van der Waals surface area contributed by atoms with Gasteiger partial charge in [0, 0.05) is 21.6 Å².